The van der Waals surface area contributed by atoms with E-state index in [0.29, 0.717) is 11.7 Å². The Bertz CT molecular complexity index is 711. The van der Waals surface area contributed by atoms with Gasteiger partial charge in [-0.05, 0) is 54.3 Å². The fourth-order valence-electron chi connectivity index (χ4n) is 2.54. The monoisotopic (exact) mass is 375 g/mol. The van der Waals surface area contributed by atoms with Crippen LogP contribution in [0.15, 0.2) is 48.5 Å². The third-order valence-electron chi connectivity index (χ3n) is 4.03. The van der Waals surface area contributed by atoms with Crippen molar-refractivity contribution >= 4 is 13.2 Å². The number of ether oxygens (including phenoxy) is 1. The van der Waals surface area contributed by atoms with Gasteiger partial charge in [0.2, 0.25) is 0 Å². The summed E-state index contributed by atoms with van der Waals surface area (Å²) < 4.78 is 24.1. The lowest BCUT2D eigenvalue weighted by atomic mass is 10.0. The Balaban J connectivity index is 1.90. The van der Waals surface area contributed by atoms with Crippen molar-refractivity contribution in [1.82, 2.24) is 0 Å². The second-order valence-electron chi connectivity index (χ2n) is 6.85. The van der Waals surface area contributed by atoms with Gasteiger partial charge in [-0.3, -0.25) is 4.57 Å². The number of benzene rings is 2. The molecule has 0 saturated heterocycles. The molecule has 2 rings (SSSR count). The second-order valence-corrected chi connectivity index (χ2v) is 8.95. The van der Waals surface area contributed by atoms with Gasteiger partial charge in [-0.1, -0.05) is 45.7 Å². The molecule has 0 heterocycles. The zero-order valence-electron chi connectivity index (χ0n) is 16.2. The average Bonchev–Trinajstić information content (AvgIpc) is 2.60. The first-order valence-corrected chi connectivity index (χ1v) is 11.3. The van der Waals surface area contributed by atoms with E-state index >= 15 is 0 Å². The van der Waals surface area contributed by atoms with E-state index in [0.717, 1.165) is 24.5 Å². The summed E-state index contributed by atoms with van der Waals surface area (Å²) in [5, 5.41) is 2.99. The van der Waals surface area contributed by atoms with Gasteiger partial charge in [-0.25, -0.2) is 0 Å². The Morgan fingerprint density at radius 2 is 1.58 bits per heavy atom. The van der Waals surface area contributed by atoms with E-state index in [9.17, 15) is 4.57 Å². The Labute approximate surface area is 157 Å². The molecule has 0 spiro atoms. The van der Waals surface area contributed by atoms with E-state index in [4.69, 9.17) is 9.26 Å². The van der Waals surface area contributed by atoms with Crippen LogP contribution in [0, 0.1) is 0 Å². The van der Waals surface area contributed by atoms with Crippen molar-refractivity contribution in [3.05, 3.63) is 54.1 Å². The smallest absolute Gasteiger partial charge is 0.338 e. The molecule has 1 N–H and O–H groups in total. The fourth-order valence-corrected chi connectivity index (χ4v) is 3.73. The fraction of sp³-hybridized carbons (Fsp3) is 0.429. The summed E-state index contributed by atoms with van der Waals surface area (Å²) in [5.41, 5.74) is 1.97. The molecule has 2 aromatic rings. The molecular formula is C21H30NO3P. The van der Waals surface area contributed by atoms with Gasteiger partial charge in [0.15, 0.2) is 0 Å². The second kappa shape index (κ2) is 9.68. The molecule has 0 aromatic heterocycles. The van der Waals surface area contributed by atoms with E-state index in [1.165, 1.54) is 18.4 Å². The molecule has 2 aromatic carbocycles. The molecule has 0 aliphatic heterocycles. The Morgan fingerprint density at radius 3 is 2.15 bits per heavy atom. The van der Waals surface area contributed by atoms with E-state index < -0.39 is 7.52 Å². The van der Waals surface area contributed by atoms with Crippen molar-refractivity contribution < 1.29 is 13.8 Å². The van der Waals surface area contributed by atoms with Crippen LogP contribution in [-0.4, -0.2) is 13.3 Å². The van der Waals surface area contributed by atoms with Gasteiger partial charge in [0, 0.05) is 12.4 Å². The van der Waals surface area contributed by atoms with Crippen molar-refractivity contribution in [3.63, 3.8) is 0 Å². The van der Waals surface area contributed by atoms with Gasteiger partial charge in [0.05, 0.1) is 6.61 Å². The van der Waals surface area contributed by atoms with Gasteiger partial charge in [-0.2, -0.15) is 0 Å². The molecule has 0 amide bonds. The lowest BCUT2D eigenvalue weighted by Crippen LogP contribution is -2.02. The molecule has 0 fully saturated rings. The van der Waals surface area contributed by atoms with Crippen LogP contribution in [0.3, 0.4) is 0 Å². The summed E-state index contributed by atoms with van der Waals surface area (Å²) in [7, 11) is -3.01. The number of hydrogen-bond donors (Lipinski definition) is 1. The van der Waals surface area contributed by atoms with Crippen molar-refractivity contribution in [2.45, 2.75) is 46.0 Å². The van der Waals surface area contributed by atoms with Crippen LogP contribution in [0.25, 0.3) is 0 Å². The highest BCUT2D eigenvalue weighted by molar-refractivity contribution is 7.60. The zero-order chi connectivity index (χ0) is 19.0. The maximum absolute atomic E-state index is 12.7. The van der Waals surface area contributed by atoms with Crippen LogP contribution >= 0.6 is 7.52 Å². The number of hydrogen-bond acceptors (Lipinski definition) is 3. The standard InChI is InChI=1S/C21H30NO3P/c1-5-6-7-16-24-20-14-10-19(11-15-20)22-26(4,23)25-21-12-8-18(9-13-21)17(2)3/h8-15,17H,5-7,16H2,1-4H3,(H,22,23)/t26-/m1/s1. The SMILES string of the molecule is CCCCCOc1ccc(N[P@](C)(=O)Oc2ccc(C(C)C)cc2)cc1. The third kappa shape index (κ3) is 6.76. The predicted molar refractivity (Wildman–Crippen MR) is 110 cm³/mol. The minimum absolute atomic E-state index is 0.457. The highest BCUT2D eigenvalue weighted by Gasteiger charge is 2.17. The Morgan fingerprint density at radius 1 is 0.962 bits per heavy atom. The predicted octanol–water partition coefficient (Wildman–Crippen LogP) is 6.69. The molecule has 0 unspecified atom stereocenters. The first-order chi connectivity index (χ1) is 12.4. The topological polar surface area (TPSA) is 47.6 Å². The number of anilines is 1. The van der Waals surface area contributed by atoms with Gasteiger partial charge in [-0.15, -0.1) is 0 Å². The molecule has 142 valence electrons. The molecule has 0 bridgehead atoms. The van der Waals surface area contributed by atoms with Gasteiger partial charge < -0.3 is 14.3 Å². The third-order valence-corrected chi connectivity index (χ3v) is 5.25. The van der Waals surface area contributed by atoms with Crippen molar-refractivity contribution in [3.8, 4) is 11.5 Å². The van der Waals surface area contributed by atoms with E-state index in [1.807, 2.05) is 48.5 Å². The summed E-state index contributed by atoms with van der Waals surface area (Å²) in [6.07, 6.45) is 3.41. The summed E-state index contributed by atoms with van der Waals surface area (Å²) in [5.74, 6) is 1.88. The number of unbranched alkanes of at least 4 members (excludes halogenated alkanes) is 2. The van der Waals surface area contributed by atoms with E-state index in [1.54, 1.807) is 6.66 Å². The van der Waals surface area contributed by atoms with Gasteiger partial charge in [0.1, 0.15) is 11.5 Å². The molecule has 4 nitrogen and oxygen atoms in total. The number of rotatable bonds is 10. The van der Waals surface area contributed by atoms with Gasteiger partial charge in [0.25, 0.3) is 0 Å². The van der Waals surface area contributed by atoms with Crippen LogP contribution in [0.5, 0.6) is 11.5 Å². The minimum atomic E-state index is -3.01. The van der Waals surface area contributed by atoms with Crippen LogP contribution in [0.2, 0.25) is 0 Å². The minimum Gasteiger partial charge on any atom is -0.494 e. The van der Waals surface area contributed by atoms with Crippen molar-refractivity contribution in [1.29, 1.82) is 0 Å². The summed E-state index contributed by atoms with van der Waals surface area (Å²) in [4.78, 5) is 0. The average molecular weight is 375 g/mol. The van der Waals surface area contributed by atoms with Crippen LogP contribution in [0.4, 0.5) is 5.69 Å². The summed E-state index contributed by atoms with van der Waals surface area (Å²) >= 11 is 0. The summed E-state index contributed by atoms with van der Waals surface area (Å²) in [6, 6.07) is 15.2. The Kier molecular flexibility index (Phi) is 7.59. The van der Waals surface area contributed by atoms with Crippen molar-refractivity contribution in [2.24, 2.45) is 0 Å². The molecule has 0 aliphatic rings. The van der Waals surface area contributed by atoms with Gasteiger partial charge >= 0.3 is 7.52 Å². The molecule has 0 radical (unpaired) electrons. The molecule has 0 saturated carbocycles. The highest BCUT2D eigenvalue weighted by Crippen LogP contribution is 2.43. The Hall–Kier alpha value is -1.93. The van der Waals surface area contributed by atoms with E-state index in [-0.39, 0.29) is 0 Å². The van der Waals surface area contributed by atoms with Crippen molar-refractivity contribution in [2.75, 3.05) is 18.4 Å². The molecule has 5 heteroatoms. The lowest BCUT2D eigenvalue weighted by molar-refractivity contribution is 0.306. The van der Waals surface area contributed by atoms with Crippen LogP contribution in [-0.2, 0) is 4.57 Å². The lowest BCUT2D eigenvalue weighted by Gasteiger charge is -2.18. The highest BCUT2D eigenvalue weighted by atomic mass is 31.2. The zero-order valence-corrected chi connectivity index (χ0v) is 17.1. The molecular weight excluding hydrogens is 345 g/mol. The quantitative estimate of drug-likeness (QED) is 0.371. The maximum Gasteiger partial charge on any atom is 0.338 e. The first-order valence-electron chi connectivity index (χ1n) is 9.28. The first kappa shape index (κ1) is 20.4. The normalized spacial score (nSPS) is 13.3. The van der Waals surface area contributed by atoms with Crippen LogP contribution in [0.1, 0.15) is 51.5 Å². The molecule has 26 heavy (non-hydrogen) atoms. The van der Waals surface area contributed by atoms with E-state index in [2.05, 4.69) is 25.9 Å². The molecule has 0 aliphatic carbocycles. The number of nitrogens with one attached hydrogen (secondary N) is 1. The van der Waals surface area contributed by atoms with Crippen LogP contribution < -0.4 is 14.3 Å². The summed E-state index contributed by atoms with van der Waals surface area (Å²) in [6.45, 7) is 8.75. The largest absolute Gasteiger partial charge is 0.494 e. The maximum atomic E-state index is 12.7. The molecule has 1 atom stereocenters.